The van der Waals surface area contributed by atoms with E-state index in [0.29, 0.717) is 64.0 Å². The molecule has 0 N–H and O–H groups in total. The lowest BCUT2D eigenvalue weighted by molar-refractivity contribution is -0.385. The molecule has 5 aromatic carbocycles. The van der Waals surface area contributed by atoms with Crippen molar-refractivity contribution in [3.63, 3.8) is 0 Å². The average molecular weight is 788 g/mol. The van der Waals surface area contributed by atoms with E-state index in [1.165, 1.54) is 31.9 Å². The number of aliphatic imine (C=N–C) groups is 1. The van der Waals surface area contributed by atoms with Gasteiger partial charge in [0.15, 0.2) is 11.5 Å². The number of ether oxygens (including phenoxy) is 4. The molecule has 0 radical (unpaired) electrons. The molecular weight excluding hydrogens is 745 g/mol. The van der Waals surface area contributed by atoms with E-state index in [1.807, 2.05) is 52.0 Å². The maximum Gasteiger partial charge on any atom is 0.270 e. The van der Waals surface area contributed by atoms with E-state index >= 15 is 0 Å². The van der Waals surface area contributed by atoms with E-state index < -0.39 is 4.92 Å². The molecule has 5 aromatic rings. The van der Waals surface area contributed by atoms with E-state index in [9.17, 15) is 19.7 Å². The maximum atomic E-state index is 13.7. The van der Waals surface area contributed by atoms with E-state index in [4.69, 9.17) is 18.9 Å². The summed E-state index contributed by atoms with van der Waals surface area (Å²) in [6, 6.07) is 29.5. The Kier molecular flexibility index (Phi) is 11.5. The first-order chi connectivity index (χ1) is 27.6. The molecule has 0 bridgehead atoms. The molecule has 13 nitrogen and oxygen atoms in total. The van der Waals surface area contributed by atoms with Crippen LogP contribution in [0.5, 0.6) is 17.2 Å². The van der Waals surface area contributed by atoms with Crippen molar-refractivity contribution in [1.82, 2.24) is 0 Å². The van der Waals surface area contributed by atoms with Gasteiger partial charge < -0.3 is 33.4 Å². The van der Waals surface area contributed by atoms with Crippen molar-refractivity contribution in [2.24, 2.45) is 4.99 Å². The predicted molar refractivity (Wildman–Crippen MR) is 223 cm³/mol. The maximum absolute atomic E-state index is 13.7. The van der Waals surface area contributed by atoms with Gasteiger partial charge in [-0.3, -0.25) is 24.7 Å². The van der Waals surface area contributed by atoms with Gasteiger partial charge in [0.25, 0.3) is 17.5 Å². The SMILES string of the molecule is C=Nc1ccc(OC)cc1C(=O)N1CCc2ccccc21.COCc1cc(COc2cc3c(cc2OC)C(=O)N2c4ccccc4CC2CN3P)cc([N+](=O)[O-])c1. The van der Waals surface area contributed by atoms with Crippen molar-refractivity contribution in [2.45, 2.75) is 32.1 Å². The monoisotopic (exact) mass is 787 g/mol. The van der Waals surface area contributed by atoms with Gasteiger partial charge in [0.1, 0.15) is 12.4 Å². The summed E-state index contributed by atoms with van der Waals surface area (Å²) in [6.45, 7) is 5.19. The van der Waals surface area contributed by atoms with Crippen LogP contribution in [-0.2, 0) is 30.8 Å². The highest BCUT2D eigenvalue weighted by Gasteiger charge is 2.39. The number of rotatable bonds is 10. The van der Waals surface area contributed by atoms with Crippen molar-refractivity contribution in [1.29, 1.82) is 0 Å². The number of carbonyl (C=O) groups is 2. The quantitative estimate of drug-likeness (QED) is 0.0603. The number of nitro benzene ring substituents is 1. The summed E-state index contributed by atoms with van der Waals surface area (Å²) in [5.74, 6) is 1.34. The van der Waals surface area contributed by atoms with Gasteiger partial charge in [0.05, 0.1) is 54.3 Å². The molecule has 3 aliphatic heterocycles. The Morgan fingerprint density at radius 1 is 0.877 bits per heavy atom. The van der Waals surface area contributed by atoms with Crippen LogP contribution in [0.2, 0.25) is 0 Å². The molecule has 3 aliphatic rings. The molecule has 2 atom stereocenters. The minimum atomic E-state index is -0.437. The van der Waals surface area contributed by atoms with Gasteiger partial charge in [-0.1, -0.05) is 36.4 Å². The van der Waals surface area contributed by atoms with Crippen LogP contribution in [0.4, 0.5) is 28.4 Å². The van der Waals surface area contributed by atoms with Crippen LogP contribution in [0, 0.1) is 10.1 Å². The van der Waals surface area contributed by atoms with Gasteiger partial charge in [-0.2, -0.15) is 0 Å². The topological polar surface area (TPSA) is 136 Å². The van der Waals surface area contributed by atoms with E-state index in [0.717, 1.165) is 29.8 Å². The first kappa shape index (κ1) is 39.0. The molecule has 292 valence electrons. The summed E-state index contributed by atoms with van der Waals surface area (Å²) in [5, 5.41) is 11.4. The number of non-ortho nitro benzene ring substituents is 1. The smallest absolute Gasteiger partial charge is 0.270 e. The largest absolute Gasteiger partial charge is 0.497 e. The first-order valence-electron chi connectivity index (χ1n) is 18.2. The highest BCUT2D eigenvalue weighted by molar-refractivity contribution is 7.19. The number of fused-ring (bicyclic) bond motifs is 5. The van der Waals surface area contributed by atoms with Crippen LogP contribution in [0.25, 0.3) is 0 Å². The van der Waals surface area contributed by atoms with Crippen LogP contribution < -0.4 is 28.7 Å². The van der Waals surface area contributed by atoms with Gasteiger partial charge in [0.2, 0.25) is 0 Å². The number of methoxy groups -OCH3 is 3. The highest BCUT2D eigenvalue weighted by Crippen LogP contribution is 2.43. The minimum Gasteiger partial charge on any atom is -0.497 e. The van der Waals surface area contributed by atoms with Gasteiger partial charge in [-0.05, 0) is 93.7 Å². The Hall–Kier alpha value is -6.30. The highest BCUT2D eigenvalue weighted by atomic mass is 31.0. The molecular formula is C43H42N5O8P. The predicted octanol–water partition coefficient (Wildman–Crippen LogP) is 7.74. The molecule has 0 spiro atoms. The number of hydrogen-bond donors (Lipinski definition) is 0. The summed E-state index contributed by atoms with van der Waals surface area (Å²) < 4.78 is 24.0. The second kappa shape index (κ2) is 16.8. The van der Waals surface area contributed by atoms with Gasteiger partial charge in [-0.25, -0.2) is 0 Å². The van der Waals surface area contributed by atoms with Gasteiger partial charge in [0, 0.05) is 49.8 Å². The van der Waals surface area contributed by atoms with Crippen molar-refractivity contribution in [3.05, 3.63) is 141 Å². The normalized spacial score (nSPS) is 15.0. The number of carbonyl (C=O) groups excluding carboxylic acids is 2. The second-order valence-corrected chi connectivity index (χ2v) is 14.3. The first-order valence-corrected chi connectivity index (χ1v) is 18.7. The summed E-state index contributed by atoms with van der Waals surface area (Å²) in [6.07, 6.45) is 1.67. The number of anilines is 3. The van der Waals surface area contributed by atoms with Crippen molar-refractivity contribution >= 4 is 56.4 Å². The standard InChI is InChI=1S/C26H26N3O6P.C17H16N2O2/c1-33-14-16-7-17(9-19(8-16)29(31)32)15-35-25-12-23-21(11-24(25)34-2)26(30)28-20(13-27(23)36)10-18-5-3-4-6-22(18)28;1-18-15-8-7-13(21-2)11-14(15)17(20)19-10-9-12-5-3-4-6-16(12)19/h3-9,11-12,20H,10,13-15,36H2,1-2H3;3-8,11H,1,9-10H2,2H3. The van der Waals surface area contributed by atoms with E-state index in [-0.39, 0.29) is 36.8 Å². The Morgan fingerprint density at radius 3 is 2.30 bits per heavy atom. The molecule has 14 heteroatoms. The number of benzene rings is 5. The number of amides is 2. The van der Waals surface area contributed by atoms with E-state index in [1.54, 1.807) is 42.3 Å². The number of para-hydroxylation sites is 2. The summed E-state index contributed by atoms with van der Waals surface area (Å²) in [7, 11) is 7.35. The summed E-state index contributed by atoms with van der Waals surface area (Å²) >= 11 is 0. The molecule has 57 heavy (non-hydrogen) atoms. The summed E-state index contributed by atoms with van der Waals surface area (Å²) in [4.78, 5) is 45.1. The fourth-order valence-electron chi connectivity index (χ4n) is 7.56. The lowest BCUT2D eigenvalue weighted by Crippen LogP contribution is -2.40. The molecule has 8 rings (SSSR count). The molecule has 0 saturated carbocycles. The zero-order valence-electron chi connectivity index (χ0n) is 31.8. The van der Waals surface area contributed by atoms with E-state index in [2.05, 4.69) is 33.2 Å². The number of nitrogens with zero attached hydrogens (tertiary/aromatic N) is 5. The van der Waals surface area contributed by atoms with Crippen LogP contribution in [0.1, 0.15) is 43.0 Å². The molecule has 0 saturated heterocycles. The molecule has 2 amide bonds. The van der Waals surface area contributed by atoms with Crippen LogP contribution >= 0.6 is 9.39 Å². The number of hydrogen-bond acceptors (Lipinski definition) is 10. The third-order valence-corrected chi connectivity index (χ3v) is 10.7. The van der Waals surface area contributed by atoms with Crippen molar-refractivity contribution in [3.8, 4) is 17.2 Å². The van der Waals surface area contributed by atoms with Crippen LogP contribution in [-0.4, -0.2) is 63.9 Å². The molecule has 2 unspecified atom stereocenters. The Labute approximate surface area is 332 Å². The zero-order chi connectivity index (χ0) is 40.2. The molecule has 0 fully saturated rings. The van der Waals surface area contributed by atoms with Crippen LogP contribution in [0.15, 0.2) is 102 Å². The Balaban J connectivity index is 0.000000200. The lowest BCUT2D eigenvalue weighted by Gasteiger charge is -2.24. The van der Waals surface area contributed by atoms with Crippen molar-refractivity contribution in [2.75, 3.05) is 48.9 Å². The van der Waals surface area contributed by atoms with Crippen LogP contribution in [0.3, 0.4) is 0 Å². The molecule has 0 aromatic heterocycles. The third-order valence-electron chi connectivity index (χ3n) is 10.2. The van der Waals surface area contributed by atoms with Gasteiger partial charge in [-0.15, -0.1) is 0 Å². The van der Waals surface area contributed by atoms with Crippen molar-refractivity contribution < 1.29 is 33.5 Å². The molecule has 3 heterocycles. The molecule has 0 aliphatic carbocycles. The lowest BCUT2D eigenvalue weighted by atomic mass is 10.1. The Morgan fingerprint density at radius 2 is 1.60 bits per heavy atom. The second-order valence-electron chi connectivity index (χ2n) is 13.7. The Bertz CT molecular complexity index is 2370. The zero-order valence-corrected chi connectivity index (χ0v) is 33.0. The fraction of sp³-hybridized carbons (Fsp3) is 0.233. The van der Waals surface area contributed by atoms with Gasteiger partial charge >= 0.3 is 0 Å². The average Bonchev–Trinajstić information content (AvgIpc) is 3.81. The number of nitro groups is 1. The summed E-state index contributed by atoms with van der Waals surface area (Å²) in [5.41, 5.74) is 7.88. The minimum absolute atomic E-state index is 0.0132. The third kappa shape index (κ3) is 7.89. The fourth-order valence-corrected chi connectivity index (χ4v) is 8.01.